The molecule has 8 heteroatoms. The minimum atomic E-state index is -3.96. The summed E-state index contributed by atoms with van der Waals surface area (Å²) in [6.07, 6.45) is 1.35. The predicted molar refractivity (Wildman–Crippen MR) is 75.3 cm³/mol. The van der Waals surface area contributed by atoms with Crippen molar-refractivity contribution in [3.8, 4) is 0 Å². The molecule has 0 unspecified atom stereocenters. The van der Waals surface area contributed by atoms with Gasteiger partial charge in [0, 0.05) is 12.1 Å². The van der Waals surface area contributed by atoms with Gasteiger partial charge in [0.05, 0.1) is 12.0 Å². The fourth-order valence-electron chi connectivity index (χ4n) is 1.83. The van der Waals surface area contributed by atoms with Crippen LogP contribution in [0.25, 0.3) is 0 Å². The molecule has 0 spiro atoms. The zero-order valence-corrected chi connectivity index (χ0v) is 12.5. The first-order valence-electron chi connectivity index (χ1n) is 6.37. The van der Waals surface area contributed by atoms with Gasteiger partial charge in [0.1, 0.15) is 23.0 Å². The van der Waals surface area contributed by atoms with Crippen LogP contribution in [-0.4, -0.2) is 20.1 Å². The third-order valence-corrected chi connectivity index (χ3v) is 4.32. The van der Waals surface area contributed by atoms with Gasteiger partial charge in [0.15, 0.2) is 0 Å². The van der Waals surface area contributed by atoms with Crippen molar-refractivity contribution in [1.82, 2.24) is 4.72 Å². The van der Waals surface area contributed by atoms with Gasteiger partial charge < -0.3 is 9.52 Å². The van der Waals surface area contributed by atoms with E-state index < -0.39 is 33.0 Å². The van der Waals surface area contributed by atoms with Crippen molar-refractivity contribution in [2.75, 3.05) is 6.54 Å². The number of nitrogens with one attached hydrogen (secondary N) is 1. The van der Waals surface area contributed by atoms with E-state index in [4.69, 9.17) is 4.42 Å². The molecule has 1 aromatic heterocycles. The molecule has 0 saturated carbocycles. The molecule has 2 aromatic rings. The highest BCUT2D eigenvalue weighted by molar-refractivity contribution is 7.88. The van der Waals surface area contributed by atoms with Crippen LogP contribution in [0.4, 0.5) is 8.78 Å². The number of rotatable bonds is 6. The second-order valence-corrected chi connectivity index (χ2v) is 6.87. The molecule has 1 aromatic carbocycles. The Morgan fingerprint density at radius 1 is 1.32 bits per heavy atom. The maximum Gasteiger partial charge on any atom is 0.216 e. The van der Waals surface area contributed by atoms with E-state index in [-0.39, 0.29) is 17.9 Å². The number of hydrogen-bond donors (Lipinski definition) is 2. The Kier molecular flexibility index (Phi) is 4.64. The molecule has 0 aliphatic carbocycles. The number of sulfonamides is 1. The molecular formula is C14H15F2NO4S. The molecule has 1 heterocycles. The summed E-state index contributed by atoms with van der Waals surface area (Å²) in [5, 5.41) is 10.1. The lowest BCUT2D eigenvalue weighted by atomic mass is 10.1. The molecule has 2 rings (SSSR count). The second kappa shape index (κ2) is 6.15. The molecule has 120 valence electrons. The summed E-state index contributed by atoms with van der Waals surface area (Å²) >= 11 is 0. The quantitative estimate of drug-likeness (QED) is 0.847. The van der Waals surface area contributed by atoms with Crippen molar-refractivity contribution in [3.63, 3.8) is 0 Å². The number of halogens is 2. The molecule has 22 heavy (non-hydrogen) atoms. The van der Waals surface area contributed by atoms with Gasteiger partial charge in [0.2, 0.25) is 10.0 Å². The number of aliphatic hydroxyl groups is 1. The average molecular weight is 331 g/mol. The molecule has 0 radical (unpaired) electrons. The van der Waals surface area contributed by atoms with E-state index in [1.807, 2.05) is 0 Å². The van der Waals surface area contributed by atoms with Gasteiger partial charge in [-0.2, -0.15) is 0 Å². The van der Waals surface area contributed by atoms with E-state index in [0.717, 1.165) is 18.2 Å². The van der Waals surface area contributed by atoms with Crippen LogP contribution in [0.15, 0.2) is 41.0 Å². The second-order valence-electron chi connectivity index (χ2n) is 5.07. The Balaban J connectivity index is 2.07. The third-order valence-electron chi connectivity index (χ3n) is 3.04. The largest absolute Gasteiger partial charge is 0.466 e. The fraction of sp³-hybridized carbons (Fsp3) is 0.286. The van der Waals surface area contributed by atoms with Gasteiger partial charge in [-0.25, -0.2) is 21.9 Å². The molecular weight excluding hydrogens is 316 g/mol. The van der Waals surface area contributed by atoms with E-state index in [1.54, 1.807) is 6.07 Å². The van der Waals surface area contributed by atoms with Crippen LogP contribution in [0.2, 0.25) is 0 Å². The summed E-state index contributed by atoms with van der Waals surface area (Å²) in [7, 11) is -3.96. The fourth-order valence-corrected chi connectivity index (χ4v) is 3.07. The van der Waals surface area contributed by atoms with Crippen molar-refractivity contribution in [2.45, 2.75) is 18.3 Å². The lowest BCUT2D eigenvalue weighted by Crippen LogP contribution is -2.38. The summed E-state index contributed by atoms with van der Waals surface area (Å²) in [5.74, 6) is -2.09. The van der Waals surface area contributed by atoms with Crippen LogP contribution < -0.4 is 4.72 Å². The molecule has 0 bridgehead atoms. The average Bonchev–Trinajstić information content (AvgIpc) is 2.96. The van der Waals surface area contributed by atoms with Gasteiger partial charge in [-0.3, -0.25) is 0 Å². The summed E-state index contributed by atoms with van der Waals surface area (Å²) in [6, 6.07) is 5.64. The Hall–Kier alpha value is -1.77. The minimum absolute atomic E-state index is 0.187. The smallest absolute Gasteiger partial charge is 0.216 e. The standard InChI is InChI=1S/C14H15F2NO4S/c1-14(18,13-3-2-6-21-13)9-17-22(19,20)8-10-7-11(15)4-5-12(10)16/h2-7,17-18H,8-9H2,1H3/t14-/m0/s1. The zero-order valence-electron chi connectivity index (χ0n) is 11.7. The molecule has 0 fully saturated rings. The lowest BCUT2D eigenvalue weighted by Gasteiger charge is -2.21. The van der Waals surface area contributed by atoms with Crippen molar-refractivity contribution in [1.29, 1.82) is 0 Å². The Morgan fingerprint density at radius 3 is 2.68 bits per heavy atom. The van der Waals surface area contributed by atoms with E-state index in [2.05, 4.69) is 4.72 Å². The molecule has 5 nitrogen and oxygen atoms in total. The zero-order chi connectivity index (χ0) is 16.4. The van der Waals surface area contributed by atoms with Crippen molar-refractivity contribution >= 4 is 10.0 Å². The maximum atomic E-state index is 13.5. The lowest BCUT2D eigenvalue weighted by molar-refractivity contribution is 0.0395. The SMILES string of the molecule is C[C@](O)(CNS(=O)(=O)Cc1cc(F)ccc1F)c1ccco1. The van der Waals surface area contributed by atoms with E-state index in [1.165, 1.54) is 19.3 Å². The highest BCUT2D eigenvalue weighted by Crippen LogP contribution is 2.20. The number of hydrogen-bond acceptors (Lipinski definition) is 4. The molecule has 0 amide bonds. The molecule has 0 aliphatic heterocycles. The minimum Gasteiger partial charge on any atom is -0.466 e. The summed E-state index contributed by atoms with van der Waals surface area (Å²) in [6.45, 7) is 1.01. The Bertz CT molecular complexity index is 742. The third kappa shape index (κ3) is 4.12. The number of benzene rings is 1. The van der Waals surface area contributed by atoms with E-state index in [0.29, 0.717) is 0 Å². The van der Waals surface area contributed by atoms with Crippen LogP contribution in [0, 0.1) is 11.6 Å². The van der Waals surface area contributed by atoms with Crippen LogP contribution >= 0.6 is 0 Å². The monoisotopic (exact) mass is 331 g/mol. The first kappa shape index (κ1) is 16.6. The Labute approximate surface area is 126 Å². The van der Waals surface area contributed by atoms with Crippen LogP contribution in [-0.2, 0) is 21.4 Å². The van der Waals surface area contributed by atoms with E-state index in [9.17, 15) is 22.3 Å². The van der Waals surface area contributed by atoms with Crippen LogP contribution in [0.5, 0.6) is 0 Å². The van der Waals surface area contributed by atoms with Crippen LogP contribution in [0.3, 0.4) is 0 Å². The summed E-state index contributed by atoms with van der Waals surface area (Å²) < 4.78 is 57.6. The number of furan rings is 1. The molecule has 1 atom stereocenters. The maximum absolute atomic E-state index is 13.5. The van der Waals surface area contributed by atoms with Crippen molar-refractivity contribution < 1.29 is 26.7 Å². The summed E-state index contributed by atoms with van der Waals surface area (Å²) in [5.41, 5.74) is -1.85. The van der Waals surface area contributed by atoms with Gasteiger partial charge in [-0.1, -0.05) is 0 Å². The first-order valence-corrected chi connectivity index (χ1v) is 8.02. The highest BCUT2D eigenvalue weighted by Gasteiger charge is 2.28. The topological polar surface area (TPSA) is 79.5 Å². The first-order chi connectivity index (χ1) is 10.2. The summed E-state index contributed by atoms with van der Waals surface area (Å²) in [4.78, 5) is 0. The van der Waals surface area contributed by atoms with Gasteiger partial charge in [0.25, 0.3) is 0 Å². The molecule has 2 N–H and O–H groups in total. The predicted octanol–water partition coefficient (Wildman–Crippen LogP) is 1.88. The normalized spacial score (nSPS) is 14.7. The van der Waals surface area contributed by atoms with Gasteiger partial charge >= 0.3 is 0 Å². The van der Waals surface area contributed by atoms with Crippen molar-refractivity contribution in [3.05, 3.63) is 59.6 Å². The Morgan fingerprint density at radius 2 is 2.05 bits per heavy atom. The van der Waals surface area contributed by atoms with Crippen molar-refractivity contribution in [2.24, 2.45) is 0 Å². The highest BCUT2D eigenvalue weighted by atomic mass is 32.2. The molecule has 0 aliphatic rings. The van der Waals surface area contributed by atoms with Gasteiger partial charge in [-0.05, 0) is 37.3 Å². The van der Waals surface area contributed by atoms with Gasteiger partial charge in [-0.15, -0.1) is 0 Å². The van der Waals surface area contributed by atoms with Crippen LogP contribution in [0.1, 0.15) is 18.2 Å². The van der Waals surface area contributed by atoms with E-state index >= 15 is 0 Å². The molecule has 0 saturated heterocycles.